The van der Waals surface area contributed by atoms with Crippen molar-refractivity contribution in [3.8, 4) is 0 Å². The average molecular weight is 499 g/mol. The zero-order valence-electron chi connectivity index (χ0n) is 25.8. The van der Waals surface area contributed by atoms with Gasteiger partial charge in [-0.25, -0.2) is 0 Å². The topological polar surface area (TPSA) is 18.5 Å². The van der Waals surface area contributed by atoms with Crippen molar-refractivity contribution in [3.63, 3.8) is 0 Å². The van der Waals surface area contributed by atoms with Crippen molar-refractivity contribution < 1.29 is 9.47 Å². The number of hydrogen-bond donors (Lipinski definition) is 0. The van der Waals surface area contributed by atoms with E-state index in [2.05, 4.69) is 96.9 Å². The molecule has 0 heterocycles. The lowest BCUT2D eigenvalue weighted by atomic mass is 9.71. The first-order chi connectivity index (χ1) is 12.4. The molecule has 0 atom stereocenters. The van der Waals surface area contributed by atoms with E-state index >= 15 is 0 Å². The van der Waals surface area contributed by atoms with Crippen molar-refractivity contribution in [2.45, 2.75) is 179 Å². The molecule has 0 aromatic rings. The SMILES string of the molecule is C.C.C.C.CC(C)(C)C.CC(C)(C)C.CC(C)(C)C(C)(C)C.COC(C)(C)C.COC(C)(C)C. The average Bonchev–Trinajstić information content (AvgIpc) is 2.32. The van der Waals surface area contributed by atoms with E-state index in [1.807, 2.05) is 41.5 Å². The van der Waals surface area contributed by atoms with Gasteiger partial charge in [-0.1, -0.05) is 127 Å². The van der Waals surface area contributed by atoms with Crippen LogP contribution in [0.25, 0.3) is 0 Å². The third-order valence-electron chi connectivity index (χ3n) is 3.47. The van der Waals surface area contributed by atoms with Gasteiger partial charge in [-0.15, -0.1) is 0 Å². The van der Waals surface area contributed by atoms with Crippen molar-refractivity contribution in [1.29, 1.82) is 0 Å². The van der Waals surface area contributed by atoms with Crippen molar-refractivity contribution in [2.75, 3.05) is 14.2 Å². The van der Waals surface area contributed by atoms with Crippen molar-refractivity contribution in [2.24, 2.45) is 21.7 Å². The molecule has 0 aromatic heterocycles. The first-order valence-corrected chi connectivity index (χ1v) is 11.5. The van der Waals surface area contributed by atoms with Crippen LogP contribution in [0.1, 0.15) is 168 Å². The van der Waals surface area contributed by atoms with Gasteiger partial charge in [0.05, 0.1) is 11.2 Å². The van der Waals surface area contributed by atoms with Crippen LogP contribution in [0.5, 0.6) is 0 Å². The molecule has 0 N–H and O–H groups in total. The second-order valence-corrected chi connectivity index (χ2v) is 15.1. The molecular weight excluding hydrogens is 416 g/mol. The summed E-state index contributed by atoms with van der Waals surface area (Å²) in [4.78, 5) is 0. The maximum Gasteiger partial charge on any atom is 0.0594 e. The van der Waals surface area contributed by atoms with Crippen LogP contribution in [0.4, 0.5) is 0 Å². The van der Waals surface area contributed by atoms with E-state index in [0.717, 1.165) is 0 Å². The van der Waals surface area contributed by atoms with Gasteiger partial charge in [-0.05, 0) is 63.2 Å². The lowest BCUT2D eigenvalue weighted by Gasteiger charge is -2.34. The van der Waals surface area contributed by atoms with Crippen LogP contribution in [-0.2, 0) is 9.47 Å². The first-order valence-electron chi connectivity index (χ1n) is 11.5. The summed E-state index contributed by atoms with van der Waals surface area (Å²) < 4.78 is 9.88. The smallest absolute Gasteiger partial charge is 0.0594 e. The summed E-state index contributed by atoms with van der Waals surface area (Å²) >= 11 is 0. The Labute approximate surface area is 224 Å². The molecule has 34 heavy (non-hydrogen) atoms. The minimum Gasteiger partial charge on any atom is -0.379 e. The summed E-state index contributed by atoms with van der Waals surface area (Å²) in [6.07, 6.45) is 0. The van der Waals surface area contributed by atoms with Crippen molar-refractivity contribution in [3.05, 3.63) is 0 Å². The molecule has 2 heteroatoms. The monoisotopic (exact) mass is 499 g/mol. The summed E-state index contributed by atoms with van der Waals surface area (Å²) in [5.41, 5.74) is 1.96. The van der Waals surface area contributed by atoms with Crippen molar-refractivity contribution in [1.82, 2.24) is 0 Å². The first kappa shape index (κ1) is 59.2. The molecule has 0 radical (unpaired) electrons. The second kappa shape index (κ2) is 23.3. The van der Waals surface area contributed by atoms with E-state index < -0.39 is 0 Å². The Kier molecular flexibility index (Phi) is 40.6. The highest BCUT2D eigenvalue weighted by molar-refractivity contribution is 4.77. The second-order valence-electron chi connectivity index (χ2n) is 15.1. The fourth-order valence-electron chi connectivity index (χ4n) is 0. The summed E-state index contributed by atoms with van der Waals surface area (Å²) in [5, 5.41) is 0. The van der Waals surface area contributed by atoms with Gasteiger partial charge in [0.1, 0.15) is 0 Å². The molecule has 0 fully saturated rings. The van der Waals surface area contributed by atoms with Crippen LogP contribution in [0.3, 0.4) is 0 Å². The number of methoxy groups -OCH3 is 2. The highest BCUT2D eigenvalue weighted by Gasteiger charge is 2.26. The summed E-state index contributed by atoms with van der Waals surface area (Å²) in [5.74, 6) is 0. The molecule has 0 unspecified atom stereocenters. The molecule has 0 rings (SSSR count). The molecule has 0 spiro atoms. The van der Waals surface area contributed by atoms with Crippen LogP contribution >= 0.6 is 0 Å². The van der Waals surface area contributed by atoms with Gasteiger partial charge in [-0.2, -0.15) is 0 Å². The van der Waals surface area contributed by atoms with Crippen molar-refractivity contribution >= 4 is 0 Å². The summed E-state index contributed by atoms with van der Waals surface area (Å²) in [6.45, 7) is 43.3. The van der Waals surface area contributed by atoms with Gasteiger partial charge in [0.2, 0.25) is 0 Å². The molecule has 0 aliphatic carbocycles. The van der Waals surface area contributed by atoms with Gasteiger partial charge in [0, 0.05) is 14.2 Å². The zero-order valence-corrected chi connectivity index (χ0v) is 25.8. The molecule has 0 saturated carbocycles. The molecule has 0 aromatic carbocycles. The Morgan fingerprint density at radius 1 is 0.294 bits per heavy atom. The standard InChI is InChI=1S/C8H18.2C5H12O.2C5H12.4CH4/c1-7(2,3)8(4,5)6;2*1-5(2,3)6-4;2*1-5(2,3)4;;;;/h1-6H3;2*1-4H3;2*1-4H3;4*1H4. The number of rotatable bonds is 0. The lowest BCUT2D eigenvalue weighted by molar-refractivity contribution is 0.0394. The Morgan fingerprint density at radius 3 is 0.353 bits per heavy atom. The molecule has 0 amide bonds. The highest BCUT2D eigenvalue weighted by atomic mass is 16.5. The fraction of sp³-hybridized carbons (Fsp3) is 1.00. The lowest BCUT2D eigenvalue weighted by Crippen LogP contribution is -2.25. The van der Waals surface area contributed by atoms with Crippen LogP contribution in [-0.4, -0.2) is 25.4 Å². The van der Waals surface area contributed by atoms with E-state index in [1.165, 1.54) is 0 Å². The van der Waals surface area contributed by atoms with Gasteiger partial charge >= 0.3 is 0 Å². The summed E-state index contributed by atoms with van der Waals surface area (Å²) in [7, 11) is 3.42. The molecule has 2 nitrogen and oxygen atoms in total. The molecule has 0 aliphatic heterocycles. The van der Waals surface area contributed by atoms with Gasteiger partial charge < -0.3 is 9.47 Å². The fourth-order valence-corrected chi connectivity index (χ4v) is 0. The third kappa shape index (κ3) is 137. The van der Waals surface area contributed by atoms with Crippen LogP contribution in [0.15, 0.2) is 0 Å². The van der Waals surface area contributed by atoms with E-state index in [1.54, 1.807) is 14.2 Å². The maximum absolute atomic E-state index is 4.94. The van der Waals surface area contributed by atoms with Gasteiger partial charge in [0.25, 0.3) is 0 Å². The van der Waals surface area contributed by atoms with E-state index in [-0.39, 0.29) is 40.9 Å². The predicted molar refractivity (Wildman–Crippen MR) is 170 cm³/mol. The van der Waals surface area contributed by atoms with Gasteiger partial charge in [-0.3, -0.25) is 0 Å². The van der Waals surface area contributed by atoms with Gasteiger partial charge in [0.15, 0.2) is 0 Å². The Bertz CT molecular complexity index is 303. The minimum atomic E-state index is 0. The minimum absolute atomic E-state index is 0. The Morgan fingerprint density at radius 2 is 0.353 bits per heavy atom. The number of hydrogen-bond acceptors (Lipinski definition) is 2. The predicted octanol–water partition coefficient (Wildman–Crippen LogP) is 12.6. The molecule has 0 aliphatic rings. The molecular formula is C32H82O2. The largest absolute Gasteiger partial charge is 0.379 e. The van der Waals surface area contributed by atoms with Crippen LogP contribution < -0.4 is 0 Å². The third-order valence-corrected chi connectivity index (χ3v) is 3.47. The van der Waals surface area contributed by atoms with E-state index in [0.29, 0.717) is 21.7 Å². The van der Waals surface area contributed by atoms with Crippen LogP contribution in [0.2, 0.25) is 0 Å². The van der Waals surface area contributed by atoms with E-state index in [4.69, 9.17) is 9.47 Å². The quantitative estimate of drug-likeness (QED) is 0.330. The maximum atomic E-state index is 4.94. The van der Waals surface area contributed by atoms with E-state index in [9.17, 15) is 0 Å². The normalized spacial score (nSPS) is 11.1. The zero-order chi connectivity index (χ0) is 26.4. The van der Waals surface area contributed by atoms with Crippen LogP contribution in [0, 0.1) is 21.7 Å². The highest BCUT2D eigenvalue weighted by Crippen LogP contribution is 2.36. The Balaban J connectivity index is -0.0000000322. The Hall–Kier alpha value is -0.0800. The molecule has 0 bridgehead atoms. The summed E-state index contributed by atoms with van der Waals surface area (Å²) in [6, 6.07) is 0. The molecule has 222 valence electrons. The number of ether oxygens (including phenoxy) is 2. The molecule has 0 saturated heterocycles.